The van der Waals surface area contributed by atoms with Gasteiger partial charge in [0, 0.05) is 96.3 Å². The fourth-order valence-corrected chi connectivity index (χ4v) is 21.0. The van der Waals surface area contributed by atoms with Crippen molar-refractivity contribution in [2.24, 2.45) is 9.98 Å². The van der Waals surface area contributed by atoms with Crippen molar-refractivity contribution < 1.29 is 80.2 Å². The molecule has 42 heteroatoms. The lowest BCUT2D eigenvalue weighted by molar-refractivity contribution is -0.175. The Labute approximate surface area is 801 Å². The van der Waals surface area contributed by atoms with E-state index in [9.17, 15) is 15.3 Å². The Hall–Kier alpha value is -9.89. The van der Waals surface area contributed by atoms with Crippen LogP contribution < -0.4 is 11.5 Å². The Morgan fingerprint density at radius 1 is 0.449 bits per heavy atom. The molecule has 10 aliphatic rings. The van der Waals surface area contributed by atoms with Crippen molar-refractivity contribution in [3.63, 3.8) is 0 Å². The Morgan fingerprint density at radius 3 is 1.20 bits per heavy atom. The molecule has 35 nitrogen and oxygen atoms in total. The standard InChI is InChI=1S/C19H26FN5O2.C18H24FN5O3.C16H19ClFN3O2.C16H18ClN3O2.C15H19FN4O3.C9H7BrN2O.CH4/c1-6-19(20)9-13(14-15(19)27-18(2,3)26-14)25-8-7-12-16(23-11-24(4)5)21-10-22-17(12)25;1-17(2)26-13-12(7-18(19,8-25)14(13)27-17)24-6-5-11-15(22-10-23(3)4)20-9-21-16(11)24;1-4-16(18)7-10(11-12(16)23-15(2,3)22-11)21-6-5-9-13(17)19-8-20-14(9)21;1-4-9-7-11(13-12(9)21-16(2,3)22-13)20-6-5-10-14(17)18-8-19-15(10)20;1-14(2)22-10-9(5-15(16,6-21)11(10)23-14)20-4-3-8-12(17)18-7-19-13(8)20;10-7-3-5-1-2-6(13)4-8(5)12-9(7)11;/h7-8,10-11,13-15H,6,9H2,1-5H3;5-6,9-10,12-14,25H,7-8H2,1-4H3;5-6,8,10-12H,4,7H2,1-3H3;5-8,11-13H,4H2,1-3H3;3-4,7,9-11,21H,5-6H2,1-2H3,(H2,17,18,19);1-4,13H,(H2,11,12);1H4/t13-,14+,15+,19-;12-,13+,14+,18+;10-,11+,12+,16-;11-,12-,13+;9-,10+,11+,15+;;/m11111../s1. The topological polar surface area (TPSA) is 403 Å². The zero-order valence-electron chi connectivity index (χ0n) is 77.9. The number of nitrogens with zero attached hydrogens (tertiary/aromatic N) is 20. The summed E-state index contributed by atoms with van der Waals surface area (Å²) in [5, 5.41) is 34.2. The molecule has 22 rings (SSSR count). The number of ether oxygens (including phenoxy) is 10. The number of hydrogen-bond donors (Lipinski definition) is 5. The molecule has 0 radical (unpaired) electrons. The predicted molar refractivity (Wildman–Crippen MR) is 509 cm³/mol. The highest BCUT2D eigenvalue weighted by Crippen LogP contribution is 2.58. The van der Waals surface area contributed by atoms with Crippen LogP contribution in [0.2, 0.25) is 10.3 Å². The summed E-state index contributed by atoms with van der Waals surface area (Å²) in [7, 11) is 7.55. The summed E-state index contributed by atoms with van der Waals surface area (Å²) < 4.78 is 132. The molecule has 9 fully saturated rings. The molecule has 1 aromatic carbocycles. The molecule has 12 aromatic rings. The maximum absolute atomic E-state index is 15.6. The first kappa shape index (κ1) is 99.1. The number of aliphatic hydroxyl groups is 2. The number of aromatic hydroxyl groups is 1. The van der Waals surface area contributed by atoms with Crippen LogP contribution in [-0.4, -0.2) is 270 Å². The summed E-state index contributed by atoms with van der Waals surface area (Å²) in [6, 6.07) is 15.3. The smallest absolute Gasteiger partial charge is 0.166 e. The molecule has 16 heterocycles. The first-order chi connectivity index (χ1) is 63.8. The number of alkyl halides is 4. The molecular formula is C94H117BrCl2F4N22O13. The molecule has 136 heavy (non-hydrogen) atoms. The number of benzene rings is 1. The van der Waals surface area contributed by atoms with E-state index in [0.717, 1.165) is 49.1 Å². The van der Waals surface area contributed by atoms with Crippen molar-refractivity contribution in [2.75, 3.05) is 52.9 Å². The van der Waals surface area contributed by atoms with Crippen LogP contribution >= 0.6 is 39.1 Å². The third-order valence-corrected chi connectivity index (χ3v) is 27.6. The van der Waals surface area contributed by atoms with Crippen LogP contribution in [0.5, 0.6) is 5.75 Å². The number of aliphatic hydroxyl groups excluding tert-OH is 2. The molecule has 11 aromatic heterocycles. The van der Waals surface area contributed by atoms with Crippen molar-refractivity contribution in [3.8, 4) is 5.75 Å². The van der Waals surface area contributed by atoms with Crippen molar-refractivity contribution in [1.82, 2.24) is 87.5 Å². The van der Waals surface area contributed by atoms with Gasteiger partial charge in [-0.05, 0) is 159 Å². The number of halogens is 7. The predicted octanol–water partition coefficient (Wildman–Crippen LogP) is 16.3. The highest BCUT2D eigenvalue weighted by molar-refractivity contribution is 9.10. The number of aromatic nitrogens is 16. The van der Waals surface area contributed by atoms with E-state index in [1.165, 1.54) is 37.2 Å². The number of nitrogens with two attached hydrogens (primary N) is 2. The van der Waals surface area contributed by atoms with Gasteiger partial charge in [0.1, 0.15) is 160 Å². The van der Waals surface area contributed by atoms with E-state index in [2.05, 4.69) is 98.3 Å². The van der Waals surface area contributed by atoms with E-state index in [-0.39, 0.29) is 80.6 Å². The van der Waals surface area contributed by atoms with Crippen LogP contribution in [0.3, 0.4) is 0 Å². The minimum absolute atomic E-state index is 0. The first-order valence-corrected chi connectivity index (χ1v) is 46.4. The van der Waals surface area contributed by atoms with Gasteiger partial charge in [0.2, 0.25) is 0 Å². The minimum Gasteiger partial charge on any atom is -0.508 e. The van der Waals surface area contributed by atoms with Gasteiger partial charge >= 0.3 is 0 Å². The van der Waals surface area contributed by atoms with Crippen molar-refractivity contribution in [3.05, 3.63) is 144 Å². The fraction of sp³-hybridized carbons (Fsp3) is 0.543. The lowest BCUT2D eigenvalue weighted by atomic mass is 9.98. The van der Waals surface area contributed by atoms with Gasteiger partial charge in [-0.3, -0.25) is 0 Å². The van der Waals surface area contributed by atoms with Gasteiger partial charge < -0.3 is 107 Å². The van der Waals surface area contributed by atoms with Gasteiger partial charge in [-0.2, -0.15) is 0 Å². The van der Waals surface area contributed by atoms with Crippen LogP contribution in [0.4, 0.5) is 40.8 Å². The molecule has 5 aliphatic carbocycles. The van der Waals surface area contributed by atoms with Gasteiger partial charge in [-0.15, -0.1) is 0 Å². The first-order valence-electron chi connectivity index (χ1n) is 44.9. The second-order valence-corrected chi connectivity index (χ2v) is 39.9. The molecule has 0 amide bonds. The second kappa shape index (κ2) is 37.4. The number of phenolic OH excluding ortho intramolecular Hbond substituents is 1. The van der Waals surface area contributed by atoms with Crippen LogP contribution in [0, 0.1) is 0 Å². The average Bonchev–Trinajstić information content (AvgIpc) is 1.55. The van der Waals surface area contributed by atoms with E-state index >= 15 is 17.6 Å². The number of anilines is 2. The quantitative estimate of drug-likeness (QED) is 0.0222. The highest BCUT2D eigenvalue weighted by Gasteiger charge is 2.67. The van der Waals surface area contributed by atoms with Crippen molar-refractivity contribution in [2.45, 2.75) is 285 Å². The fourth-order valence-electron chi connectivity index (χ4n) is 20.3. The third-order valence-electron chi connectivity index (χ3n) is 26.4. The lowest BCUT2D eigenvalue weighted by Gasteiger charge is -2.27. The number of hydrogen-bond acceptors (Lipinski definition) is 28. The molecule has 7 N–H and O–H groups in total. The zero-order chi connectivity index (χ0) is 96.5. The number of pyridine rings is 1. The number of nitrogen functional groups attached to an aromatic ring is 2. The Kier molecular flexibility index (Phi) is 27.2. The largest absolute Gasteiger partial charge is 0.508 e. The van der Waals surface area contributed by atoms with Crippen molar-refractivity contribution >= 4 is 141 Å². The molecule has 0 unspecified atom stereocenters. The summed E-state index contributed by atoms with van der Waals surface area (Å²) in [4.78, 5) is 58.9. The van der Waals surface area contributed by atoms with E-state index in [0.29, 0.717) is 87.1 Å². The van der Waals surface area contributed by atoms with Gasteiger partial charge in [0.25, 0.3) is 0 Å². The maximum atomic E-state index is 15.6. The Morgan fingerprint density at radius 2 is 0.794 bits per heavy atom. The lowest BCUT2D eigenvalue weighted by Crippen LogP contribution is -2.41. The minimum atomic E-state index is -1.86. The number of phenols is 1. The molecule has 5 aliphatic heterocycles. The Bertz CT molecular complexity index is 6230. The van der Waals surface area contributed by atoms with Gasteiger partial charge in [-0.1, -0.05) is 57.5 Å². The monoisotopic (exact) mass is 1990 g/mol. The van der Waals surface area contributed by atoms with Crippen molar-refractivity contribution in [1.29, 1.82) is 0 Å². The molecule has 0 bridgehead atoms. The molecule has 4 saturated carbocycles. The zero-order valence-corrected chi connectivity index (χ0v) is 81.0. The summed E-state index contributed by atoms with van der Waals surface area (Å²) in [6.45, 7) is 22.9. The van der Waals surface area contributed by atoms with E-state index in [1.54, 1.807) is 70.8 Å². The van der Waals surface area contributed by atoms with E-state index in [4.69, 9.17) is 82.0 Å². The maximum Gasteiger partial charge on any atom is 0.166 e. The SMILES string of the molecule is C.CC1(C)O[C@H]2[C@H](n3ccc4c(N)ncnc43)C[C@](F)(CO)[C@H]2O1.CCC1=C[C@@H](n2ccc3c(Cl)ncnc32)[C@@H]2OC(C)(C)O[C@H]12.CC[C@@]1(F)C[C@@H](n2ccc3c(Cl)ncnc32)[C@@H]2OC(C)(C)O[C@@H]21.CC[C@@]1(F)C[C@@H](n2ccc3c(N=CN(C)C)ncnc32)[C@@H]2OC(C)(C)O[C@@H]21.CN(C)C=Nc1ncnc2c1ccn2[C@@H]1C[C@](F)(CO)[C@H]2OC(C)(C)O[C@@H]12.Nc1nc2cc(O)ccc2cc1Br. The molecule has 0 spiro atoms. The highest BCUT2D eigenvalue weighted by atomic mass is 79.9. The van der Waals surface area contributed by atoms with Crippen LogP contribution in [0.1, 0.15) is 173 Å². The number of rotatable bonds is 14. The molecule has 5 saturated heterocycles. The van der Waals surface area contributed by atoms with Crippen LogP contribution in [-0.2, 0) is 47.4 Å². The van der Waals surface area contributed by atoms with Crippen LogP contribution in [0.15, 0.2) is 143 Å². The van der Waals surface area contributed by atoms with E-state index < -0.39 is 101 Å². The third kappa shape index (κ3) is 18.8. The molecule has 19 atom stereocenters. The summed E-state index contributed by atoms with van der Waals surface area (Å²) in [5.74, 6) is -1.79. The normalized spacial score (nSPS) is 30.8. The summed E-state index contributed by atoms with van der Waals surface area (Å²) in [5.41, 5.74) is 10.4. The van der Waals surface area contributed by atoms with Gasteiger partial charge in [0.05, 0.1) is 93.0 Å². The van der Waals surface area contributed by atoms with Gasteiger partial charge in [0.15, 0.2) is 51.9 Å². The molecule has 730 valence electrons. The van der Waals surface area contributed by atoms with E-state index in [1.807, 2.05) is 167 Å². The van der Waals surface area contributed by atoms with Gasteiger partial charge in [-0.25, -0.2) is 82.4 Å². The molecular weight excluding hydrogens is 1870 g/mol. The summed E-state index contributed by atoms with van der Waals surface area (Å²) >= 11 is 15.6. The Balaban J connectivity index is 0.000000119. The van der Waals surface area contributed by atoms with Crippen LogP contribution in [0.25, 0.3) is 66.1 Å². The summed E-state index contributed by atoms with van der Waals surface area (Å²) in [6.07, 6.45) is 20.3. The average molecular weight is 1990 g/mol. The number of fused-ring (bicyclic) bond motifs is 11. The second-order valence-electron chi connectivity index (χ2n) is 38.4. The number of aliphatic imine (C=N–C) groups is 2.